The summed E-state index contributed by atoms with van der Waals surface area (Å²) in [5.74, 6) is 1.09. The molecule has 1 aromatic rings. The fourth-order valence-corrected chi connectivity index (χ4v) is 2.90. The van der Waals surface area contributed by atoms with E-state index in [1.165, 1.54) is 16.7 Å². The summed E-state index contributed by atoms with van der Waals surface area (Å²) in [4.78, 5) is 0. The van der Waals surface area contributed by atoms with Crippen LogP contribution in [0.25, 0.3) is 0 Å². The molecule has 0 bridgehead atoms. The average Bonchev–Trinajstić information content (AvgIpc) is 2.60. The van der Waals surface area contributed by atoms with Crippen molar-refractivity contribution in [2.24, 2.45) is 0 Å². The van der Waals surface area contributed by atoms with E-state index in [9.17, 15) is 0 Å². The minimum atomic E-state index is 0.0910. The molecule has 1 heterocycles. The molecule has 2 unspecified atom stereocenters. The number of rotatable bonds is 1. The molecular formula is C18H29NO. The molecule has 1 aliphatic rings. The van der Waals surface area contributed by atoms with Crippen LogP contribution in [0.4, 0.5) is 0 Å². The summed E-state index contributed by atoms with van der Waals surface area (Å²) >= 11 is 0. The highest BCUT2D eigenvalue weighted by Gasteiger charge is 2.36. The zero-order valence-electron chi connectivity index (χ0n) is 14.2. The first-order chi connectivity index (χ1) is 9.05. The number of nitrogens with one attached hydrogen (secondary N) is 1. The highest BCUT2D eigenvalue weighted by atomic mass is 16.5. The summed E-state index contributed by atoms with van der Waals surface area (Å²) < 4.78 is 6.17. The third-order valence-electron chi connectivity index (χ3n) is 4.21. The molecule has 0 spiro atoms. The topological polar surface area (TPSA) is 21.3 Å². The quantitative estimate of drug-likeness (QED) is 0.824. The third kappa shape index (κ3) is 2.58. The second kappa shape index (κ2) is 4.77. The number of likely N-dealkylation sites (N-methyl/N-ethyl adjacent to an activating group) is 1. The van der Waals surface area contributed by atoms with Gasteiger partial charge in [-0.1, -0.05) is 47.6 Å². The highest BCUT2D eigenvalue weighted by Crippen LogP contribution is 2.45. The molecule has 2 rings (SSSR count). The van der Waals surface area contributed by atoms with E-state index < -0.39 is 0 Å². The molecule has 112 valence electrons. The molecule has 0 saturated heterocycles. The minimum absolute atomic E-state index is 0.0910. The summed E-state index contributed by atoms with van der Waals surface area (Å²) in [6.07, 6.45) is 0.186. The average molecular weight is 275 g/mol. The second-order valence-electron chi connectivity index (χ2n) is 8.03. The number of fused-ring (bicyclic) bond motifs is 1. The van der Waals surface area contributed by atoms with Gasteiger partial charge in [-0.2, -0.15) is 0 Å². The Morgan fingerprint density at radius 1 is 1.00 bits per heavy atom. The van der Waals surface area contributed by atoms with E-state index in [0.29, 0.717) is 0 Å². The van der Waals surface area contributed by atoms with Gasteiger partial charge in [0.05, 0.1) is 6.04 Å². The van der Waals surface area contributed by atoms with Crippen LogP contribution in [-0.2, 0) is 10.8 Å². The van der Waals surface area contributed by atoms with E-state index in [-0.39, 0.29) is 23.0 Å². The molecule has 0 radical (unpaired) electrons. The van der Waals surface area contributed by atoms with Crippen LogP contribution in [0, 0.1) is 0 Å². The lowest BCUT2D eigenvalue weighted by molar-refractivity contribution is 0.211. The van der Waals surface area contributed by atoms with Gasteiger partial charge in [-0.05, 0) is 36.4 Å². The molecule has 0 fully saturated rings. The van der Waals surface area contributed by atoms with Crippen molar-refractivity contribution in [2.45, 2.75) is 71.4 Å². The standard InChI is InChI=1S/C18H29NO/c1-11-15(19-8)13-9-12(17(2,3)4)10-14(16(13)20-11)18(5,6)7/h9-11,15,19H,1-8H3. The first-order valence-electron chi connectivity index (χ1n) is 7.58. The summed E-state index contributed by atoms with van der Waals surface area (Å²) in [5, 5.41) is 3.40. The molecular weight excluding hydrogens is 246 g/mol. The molecule has 2 atom stereocenters. The first-order valence-corrected chi connectivity index (χ1v) is 7.58. The largest absolute Gasteiger partial charge is 0.488 e. The Morgan fingerprint density at radius 2 is 1.60 bits per heavy atom. The summed E-state index contributed by atoms with van der Waals surface area (Å²) in [6.45, 7) is 15.7. The van der Waals surface area contributed by atoms with Crippen molar-refractivity contribution in [1.82, 2.24) is 5.32 Å². The Balaban J connectivity index is 2.68. The van der Waals surface area contributed by atoms with Crippen molar-refractivity contribution >= 4 is 0 Å². The number of ether oxygens (including phenoxy) is 1. The SMILES string of the molecule is CNC1c2cc(C(C)(C)C)cc(C(C)(C)C)c2OC1C. The van der Waals surface area contributed by atoms with Crippen LogP contribution in [-0.4, -0.2) is 13.2 Å². The first kappa shape index (κ1) is 15.4. The number of hydrogen-bond acceptors (Lipinski definition) is 2. The van der Waals surface area contributed by atoms with E-state index in [4.69, 9.17) is 4.74 Å². The fraction of sp³-hybridized carbons (Fsp3) is 0.667. The van der Waals surface area contributed by atoms with E-state index in [2.05, 4.69) is 65.9 Å². The van der Waals surface area contributed by atoms with Gasteiger partial charge in [-0.3, -0.25) is 0 Å². The maximum absolute atomic E-state index is 6.17. The smallest absolute Gasteiger partial charge is 0.128 e. The predicted molar refractivity (Wildman–Crippen MR) is 85.7 cm³/mol. The predicted octanol–water partition coefficient (Wildman–Crippen LogP) is 4.32. The molecule has 2 nitrogen and oxygen atoms in total. The molecule has 2 heteroatoms. The number of hydrogen-bond donors (Lipinski definition) is 1. The zero-order chi connectivity index (χ0) is 15.3. The van der Waals surface area contributed by atoms with Crippen LogP contribution in [0.3, 0.4) is 0 Å². The molecule has 0 amide bonds. The van der Waals surface area contributed by atoms with Crippen molar-refractivity contribution in [1.29, 1.82) is 0 Å². The molecule has 0 aliphatic carbocycles. The lowest BCUT2D eigenvalue weighted by Gasteiger charge is -2.27. The third-order valence-corrected chi connectivity index (χ3v) is 4.21. The lowest BCUT2D eigenvalue weighted by atomic mass is 9.78. The normalized spacial score (nSPS) is 22.6. The molecule has 1 aromatic carbocycles. The van der Waals surface area contributed by atoms with Crippen LogP contribution in [0.15, 0.2) is 12.1 Å². The molecule has 1 aliphatic heterocycles. The van der Waals surface area contributed by atoms with Gasteiger partial charge >= 0.3 is 0 Å². The van der Waals surface area contributed by atoms with Gasteiger partial charge in [0, 0.05) is 11.1 Å². The fourth-order valence-electron chi connectivity index (χ4n) is 2.90. The van der Waals surface area contributed by atoms with Gasteiger partial charge in [-0.25, -0.2) is 0 Å². The minimum Gasteiger partial charge on any atom is -0.488 e. The monoisotopic (exact) mass is 275 g/mol. The Hall–Kier alpha value is -1.02. The van der Waals surface area contributed by atoms with E-state index in [1.54, 1.807) is 0 Å². The Morgan fingerprint density at radius 3 is 2.05 bits per heavy atom. The van der Waals surface area contributed by atoms with Crippen molar-refractivity contribution in [3.05, 3.63) is 28.8 Å². The van der Waals surface area contributed by atoms with Crippen LogP contribution < -0.4 is 10.1 Å². The lowest BCUT2D eigenvalue weighted by Crippen LogP contribution is -2.25. The molecule has 20 heavy (non-hydrogen) atoms. The van der Waals surface area contributed by atoms with Crippen molar-refractivity contribution in [3.8, 4) is 5.75 Å². The van der Waals surface area contributed by atoms with Crippen LogP contribution in [0.5, 0.6) is 5.75 Å². The van der Waals surface area contributed by atoms with Crippen LogP contribution in [0.2, 0.25) is 0 Å². The van der Waals surface area contributed by atoms with Crippen LogP contribution in [0.1, 0.15) is 71.2 Å². The molecule has 1 N–H and O–H groups in total. The molecule has 0 aromatic heterocycles. The highest BCUT2D eigenvalue weighted by molar-refractivity contribution is 5.53. The maximum Gasteiger partial charge on any atom is 0.128 e. The Bertz CT molecular complexity index is 505. The Kier molecular flexibility index (Phi) is 3.66. The summed E-state index contributed by atoms with van der Waals surface area (Å²) in [7, 11) is 2.01. The van der Waals surface area contributed by atoms with Gasteiger partial charge in [-0.15, -0.1) is 0 Å². The van der Waals surface area contributed by atoms with Crippen molar-refractivity contribution in [3.63, 3.8) is 0 Å². The zero-order valence-corrected chi connectivity index (χ0v) is 14.2. The number of benzene rings is 1. The van der Waals surface area contributed by atoms with Crippen LogP contribution >= 0.6 is 0 Å². The van der Waals surface area contributed by atoms with Gasteiger partial charge < -0.3 is 10.1 Å². The Labute approximate surface area is 123 Å². The van der Waals surface area contributed by atoms with Gasteiger partial charge in [0.15, 0.2) is 0 Å². The summed E-state index contributed by atoms with van der Waals surface area (Å²) in [6, 6.07) is 4.95. The maximum atomic E-state index is 6.17. The van der Waals surface area contributed by atoms with Crippen molar-refractivity contribution in [2.75, 3.05) is 7.05 Å². The second-order valence-corrected chi connectivity index (χ2v) is 8.03. The van der Waals surface area contributed by atoms with E-state index in [0.717, 1.165) is 5.75 Å². The van der Waals surface area contributed by atoms with Gasteiger partial charge in [0.1, 0.15) is 11.9 Å². The van der Waals surface area contributed by atoms with Gasteiger partial charge in [0.2, 0.25) is 0 Å². The van der Waals surface area contributed by atoms with Gasteiger partial charge in [0.25, 0.3) is 0 Å². The summed E-state index contributed by atoms with van der Waals surface area (Å²) in [5.41, 5.74) is 4.27. The molecule has 0 saturated carbocycles. The van der Waals surface area contributed by atoms with E-state index in [1.807, 2.05) is 7.05 Å². The van der Waals surface area contributed by atoms with E-state index >= 15 is 0 Å². The van der Waals surface area contributed by atoms with Crippen molar-refractivity contribution < 1.29 is 4.74 Å².